The van der Waals surface area contributed by atoms with Crippen LogP contribution < -0.4 is 9.73 Å². The van der Waals surface area contributed by atoms with Crippen LogP contribution in [-0.4, -0.2) is 32.8 Å². The van der Waals surface area contributed by atoms with Crippen molar-refractivity contribution in [1.82, 2.24) is 5.43 Å². The number of hydrogen-bond donors (Lipinski definition) is 1. The van der Waals surface area contributed by atoms with Crippen LogP contribution in [-0.2, 0) is 14.8 Å². The van der Waals surface area contributed by atoms with E-state index in [9.17, 15) is 13.2 Å². The molecule has 0 saturated carbocycles. The molecule has 0 aliphatic heterocycles. The molecule has 0 aromatic heterocycles. The van der Waals surface area contributed by atoms with E-state index in [0.29, 0.717) is 22.0 Å². The monoisotopic (exact) mass is 471 g/mol. The zero-order valence-corrected chi connectivity index (χ0v) is 18.2. The average Bonchev–Trinajstić information content (AvgIpc) is 2.60. The smallest absolute Gasteiger partial charge is 0.260 e. The molecule has 27 heavy (non-hydrogen) atoms. The molecule has 0 spiro atoms. The molecule has 0 radical (unpaired) electrons. The Hall–Kier alpha value is -1.90. The number of carbonyl (C=O) groups is 1. The highest BCUT2D eigenvalue weighted by Crippen LogP contribution is 2.27. The SMILES string of the molecule is C/C(=N/NC(=O)CN(c1cccc(Cl)c1C)S(C)(=O)=O)c1ccc(Br)cc1. The van der Waals surface area contributed by atoms with Crippen LogP contribution in [0.3, 0.4) is 0 Å². The first kappa shape index (κ1) is 21.4. The number of nitrogens with one attached hydrogen (secondary N) is 1. The summed E-state index contributed by atoms with van der Waals surface area (Å²) >= 11 is 9.43. The van der Waals surface area contributed by atoms with E-state index in [-0.39, 0.29) is 0 Å². The van der Waals surface area contributed by atoms with Gasteiger partial charge in [-0.15, -0.1) is 0 Å². The minimum absolute atomic E-state index is 0.355. The third-order valence-electron chi connectivity index (χ3n) is 3.81. The molecule has 6 nitrogen and oxygen atoms in total. The third-order valence-corrected chi connectivity index (χ3v) is 5.87. The fourth-order valence-electron chi connectivity index (χ4n) is 2.31. The van der Waals surface area contributed by atoms with E-state index in [1.807, 2.05) is 24.3 Å². The normalized spacial score (nSPS) is 12.0. The van der Waals surface area contributed by atoms with Gasteiger partial charge in [-0.1, -0.05) is 45.7 Å². The summed E-state index contributed by atoms with van der Waals surface area (Å²) in [5.41, 5.74) is 4.77. The molecule has 2 aromatic carbocycles. The largest absolute Gasteiger partial charge is 0.271 e. The fourth-order valence-corrected chi connectivity index (χ4v) is 3.66. The third kappa shape index (κ3) is 5.79. The van der Waals surface area contributed by atoms with Gasteiger partial charge in [0.05, 0.1) is 17.7 Å². The van der Waals surface area contributed by atoms with E-state index < -0.39 is 22.5 Å². The number of benzene rings is 2. The van der Waals surface area contributed by atoms with Crippen LogP contribution in [0.5, 0.6) is 0 Å². The number of sulfonamides is 1. The molecule has 0 heterocycles. The first-order valence-corrected chi connectivity index (χ1v) is 10.9. The van der Waals surface area contributed by atoms with Crippen molar-refractivity contribution in [3.05, 3.63) is 63.1 Å². The van der Waals surface area contributed by atoms with Gasteiger partial charge in [-0.3, -0.25) is 9.10 Å². The Morgan fingerprint density at radius 3 is 2.44 bits per heavy atom. The molecular formula is C18H19BrClN3O3S. The van der Waals surface area contributed by atoms with Crippen LogP contribution in [0.15, 0.2) is 52.0 Å². The predicted molar refractivity (Wildman–Crippen MR) is 113 cm³/mol. The van der Waals surface area contributed by atoms with Gasteiger partial charge in [0.25, 0.3) is 5.91 Å². The summed E-state index contributed by atoms with van der Waals surface area (Å²) in [7, 11) is -3.69. The van der Waals surface area contributed by atoms with Gasteiger partial charge in [-0.05, 0) is 49.2 Å². The second-order valence-electron chi connectivity index (χ2n) is 5.89. The Bertz CT molecular complexity index is 976. The maximum Gasteiger partial charge on any atom is 0.260 e. The number of nitrogens with zero attached hydrogens (tertiary/aromatic N) is 2. The van der Waals surface area contributed by atoms with E-state index in [4.69, 9.17) is 11.6 Å². The van der Waals surface area contributed by atoms with Crippen molar-refractivity contribution in [2.24, 2.45) is 5.10 Å². The van der Waals surface area contributed by atoms with Crippen LogP contribution in [0, 0.1) is 6.92 Å². The zero-order chi connectivity index (χ0) is 20.2. The lowest BCUT2D eigenvalue weighted by molar-refractivity contribution is -0.119. The summed E-state index contributed by atoms with van der Waals surface area (Å²) in [6, 6.07) is 12.3. The number of hydrazone groups is 1. The molecule has 0 aliphatic carbocycles. The van der Waals surface area contributed by atoms with Gasteiger partial charge in [0.2, 0.25) is 10.0 Å². The van der Waals surface area contributed by atoms with Crippen molar-refractivity contribution >= 4 is 54.9 Å². The molecule has 9 heteroatoms. The van der Waals surface area contributed by atoms with Crippen LogP contribution in [0.1, 0.15) is 18.1 Å². The number of halogens is 2. The summed E-state index contributed by atoms with van der Waals surface area (Å²) in [6.45, 7) is 3.04. The van der Waals surface area contributed by atoms with Crippen molar-refractivity contribution in [1.29, 1.82) is 0 Å². The fraction of sp³-hybridized carbons (Fsp3) is 0.222. The summed E-state index contributed by atoms with van der Waals surface area (Å²) in [4.78, 5) is 12.3. The summed E-state index contributed by atoms with van der Waals surface area (Å²) in [5, 5.41) is 4.47. The average molecular weight is 473 g/mol. The maximum atomic E-state index is 12.3. The first-order valence-electron chi connectivity index (χ1n) is 7.91. The Morgan fingerprint density at radius 1 is 1.22 bits per heavy atom. The Kier molecular flexibility index (Phi) is 7.02. The number of carbonyl (C=O) groups excluding carboxylic acids is 1. The lowest BCUT2D eigenvalue weighted by Crippen LogP contribution is -2.39. The number of amides is 1. The molecule has 0 aliphatic rings. The number of anilines is 1. The van der Waals surface area contributed by atoms with Crippen LogP contribution in [0.2, 0.25) is 5.02 Å². The molecular weight excluding hydrogens is 454 g/mol. The quantitative estimate of drug-likeness (QED) is 0.514. The first-order chi connectivity index (χ1) is 12.6. The van der Waals surface area contributed by atoms with Crippen LogP contribution in [0.4, 0.5) is 5.69 Å². The molecule has 0 atom stereocenters. The van der Waals surface area contributed by atoms with Gasteiger partial charge < -0.3 is 0 Å². The summed E-state index contributed by atoms with van der Waals surface area (Å²) in [6.07, 6.45) is 1.04. The highest BCUT2D eigenvalue weighted by molar-refractivity contribution is 9.10. The van der Waals surface area contributed by atoms with E-state index in [1.165, 1.54) is 0 Å². The van der Waals surface area contributed by atoms with Gasteiger partial charge in [0, 0.05) is 9.50 Å². The second-order valence-corrected chi connectivity index (χ2v) is 9.12. The van der Waals surface area contributed by atoms with Crippen molar-refractivity contribution < 1.29 is 13.2 Å². The topological polar surface area (TPSA) is 78.8 Å². The molecule has 0 bridgehead atoms. The van der Waals surface area contributed by atoms with Crippen LogP contribution in [0.25, 0.3) is 0 Å². The zero-order valence-electron chi connectivity index (χ0n) is 15.0. The van der Waals surface area contributed by atoms with Crippen molar-refractivity contribution in [2.45, 2.75) is 13.8 Å². The van der Waals surface area contributed by atoms with Crippen molar-refractivity contribution in [3.8, 4) is 0 Å². The second kappa shape index (κ2) is 8.86. The number of hydrogen-bond acceptors (Lipinski definition) is 4. The molecule has 2 aromatic rings. The van der Waals surface area contributed by atoms with Gasteiger partial charge in [-0.2, -0.15) is 5.10 Å². The van der Waals surface area contributed by atoms with E-state index in [0.717, 1.165) is 20.6 Å². The van der Waals surface area contributed by atoms with Crippen LogP contribution >= 0.6 is 27.5 Å². The summed E-state index contributed by atoms with van der Waals surface area (Å²) in [5.74, 6) is -0.559. The molecule has 1 amide bonds. The van der Waals surface area contributed by atoms with Gasteiger partial charge >= 0.3 is 0 Å². The molecule has 144 valence electrons. The summed E-state index contributed by atoms with van der Waals surface area (Å²) < 4.78 is 26.3. The molecule has 0 saturated heterocycles. The van der Waals surface area contributed by atoms with E-state index in [1.54, 1.807) is 32.0 Å². The number of rotatable bonds is 6. The van der Waals surface area contributed by atoms with Gasteiger partial charge in [0.15, 0.2) is 0 Å². The molecule has 0 fully saturated rings. The van der Waals surface area contributed by atoms with Gasteiger partial charge in [-0.25, -0.2) is 13.8 Å². The predicted octanol–water partition coefficient (Wildman–Crippen LogP) is 3.72. The minimum atomic E-state index is -3.69. The molecule has 2 rings (SSSR count). The Balaban J connectivity index is 2.18. The standard InChI is InChI=1S/C18H19BrClN3O3S/c1-12-16(20)5-4-6-17(12)23(27(3,25)26)11-18(24)22-21-13(2)14-7-9-15(19)10-8-14/h4-10H,11H2,1-3H3,(H,22,24)/b21-13-. The lowest BCUT2D eigenvalue weighted by atomic mass is 10.1. The Morgan fingerprint density at radius 2 is 1.85 bits per heavy atom. The van der Waals surface area contributed by atoms with E-state index >= 15 is 0 Å². The molecule has 1 N–H and O–H groups in total. The highest BCUT2D eigenvalue weighted by atomic mass is 79.9. The minimum Gasteiger partial charge on any atom is -0.271 e. The van der Waals surface area contributed by atoms with E-state index in [2.05, 4.69) is 26.5 Å². The Labute approximate surface area is 172 Å². The van der Waals surface area contributed by atoms with Crippen molar-refractivity contribution in [2.75, 3.05) is 17.1 Å². The van der Waals surface area contributed by atoms with Gasteiger partial charge in [0.1, 0.15) is 6.54 Å². The van der Waals surface area contributed by atoms with Crippen molar-refractivity contribution in [3.63, 3.8) is 0 Å². The maximum absolute atomic E-state index is 12.3. The highest BCUT2D eigenvalue weighted by Gasteiger charge is 2.23. The molecule has 0 unspecified atom stereocenters. The lowest BCUT2D eigenvalue weighted by Gasteiger charge is -2.23.